The predicted molar refractivity (Wildman–Crippen MR) is 100 cm³/mol. The van der Waals surface area contributed by atoms with Crippen LogP contribution in [0.25, 0.3) is 11.0 Å². The summed E-state index contributed by atoms with van der Waals surface area (Å²) in [6, 6.07) is 1.91. The maximum atomic E-state index is 6.30. The quantitative estimate of drug-likeness (QED) is 0.499. The molecule has 9 heteroatoms. The Morgan fingerprint density at radius 2 is 2.17 bits per heavy atom. The maximum absolute atomic E-state index is 6.30. The van der Waals surface area contributed by atoms with Crippen molar-refractivity contribution in [1.82, 2.24) is 19.9 Å². The lowest BCUT2D eigenvalue weighted by Gasteiger charge is -1.98. The molecule has 5 nitrogen and oxygen atoms in total. The Hall–Kier alpha value is -1.67. The van der Waals surface area contributed by atoms with E-state index >= 15 is 0 Å². The average molecular weight is 396 g/mol. The number of nitrogens with zero attached hydrogens (tertiary/aromatic N) is 3. The number of aromatic amines is 1. The summed E-state index contributed by atoms with van der Waals surface area (Å²) in [4.78, 5) is 17.1. The van der Waals surface area contributed by atoms with E-state index in [1.54, 1.807) is 35.1 Å². The number of pyridine rings is 1. The zero-order valence-corrected chi connectivity index (χ0v) is 15.4. The minimum absolute atomic E-state index is 0.519. The minimum atomic E-state index is 0.519. The molecule has 0 fully saturated rings. The van der Waals surface area contributed by atoms with Crippen LogP contribution in [-0.4, -0.2) is 19.9 Å². The Morgan fingerprint density at radius 3 is 3.00 bits per heavy atom. The molecule has 24 heavy (non-hydrogen) atoms. The molecule has 0 aliphatic heterocycles. The number of nitrogens with one attached hydrogen (secondary N) is 2. The smallest absolute Gasteiger partial charge is 0.184 e. The molecule has 0 unspecified atom stereocenters. The highest BCUT2D eigenvalue weighted by Crippen LogP contribution is 2.31. The van der Waals surface area contributed by atoms with E-state index in [2.05, 4.69) is 25.3 Å². The van der Waals surface area contributed by atoms with Crippen LogP contribution in [0, 0.1) is 0 Å². The Morgan fingerprint density at radius 1 is 1.25 bits per heavy atom. The van der Waals surface area contributed by atoms with Crippen LogP contribution in [0.3, 0.4) is 0 Å². The number of rotatable bonds is 5. The lowest BCUT2D eigenvalue weighted by Crippen LogP contribution is -1.97. The molecule has 0 bridgehead atoms. The lowest BCUT2D eigenvalue weighted by molar-refractivity contribution is 1.09. The van der Waals surface area contributed by atoms with Gasteiger partial charge < -0.3 is 10.3 Å². The average Bonchev–Trinajstić information content (AvgIpc) is 3.28. The third kappa shape index (κ3) is 3.25. The molecule has 0 atom stereocenters. The molecule has 0 aliphatic rings. The zero-order valence-electron chi connectivity index (χ0n) is 12.2. The van der Waals surface area contributed by atoms with Gasteiger partial charge in [-0.05, 0) is 11.6 Å². The van der Waals surface area contributed by atoms with Gasteiger partial charge in [-0.2, -0.15) is 0 Å². The molecule has 122 valence electrons. The molecule has 4 aromatic rings. The lowest BCUT2D eigenvalue weighted by atomic mass is 10.1. The number of halogens is 2. The Bertz CT molecular complexity index is 977. The van der Waals surface area contributed by atoms with Gasteiger partial charge in [-0.1, -0.05) is 23.2 Å². The molecule has 0 aromatic carbocycles. The number of thiazole rings is 2. The van der Waals surface area contributed by atoms with Gasteiger partial charge in [0.1, 0.15) is 15.8 Å². The van der Waals surface area contributed by atoms with Gasteiger partial charge in [-0.3, -0.25) is 0 Å². The molecule has 0 radical (unpaired) electrons. The molecule has 2 N–H and O–H groups in total. The first-order valence-corrected chi connectivity index (χ1v) is 9.53. The fraction of sp³-hybridized carbons (Fsp3) is 0.133. The summed E-state index contributed by atoms with van der Waals surface area (Å²) in [5.41, 5.74) is 1.91. The van der Waals surface area contributed by atoms with Crippen LogP contribution in [0.4, 0.5) is 5.13 Å². The number of H-pyrrole nitrogens is 1. The zero-order chi connectivity index (χ0) is 16.5. The van der Waals surface area contributed by atoms with Crippen LogP contribution in [0.5, 0.6) is 0 Å². The third-order valence-corrected chi connectivity index (χ3v) is 5.88. The molecule has 0 saturated heterocycles. The summed E-state index contributed by atoms with van der Waals surface area (Å²) in [7, 11) is 0. The van der Waals surface area contributed by atoms with Crippen LogP contribution in [-0.2, 0) is 13.0 Å². The maximum Gasteiger partial charge on any atom is 0.184 e. The van der Waals surface area contributed by atoms with Crippen LogP contribution >= 0.6 is 45.9 Å². The summed E-state index contributed by atoms with van der Waals surface area (Å²) in [5, 5.41) is 9.16. The largest absolute Gasteiger partial charge is 0.355 e. The van der Waals surface area contributed by atoms with E-state index < -0.39 is 0 Å². The Balaban J connectivity index is 1.54. The first kappa shape index (κ1) is 15.8. The third-order valence-electron chi connectivity index (χ3n) is 3.46. The van der Waals surface area contributed by atoms with Gasteiger partial charge in [0.15, 0.2) is 5.13 Å². The first-order valence-electron chi connectivity index (χ1n) is 7.08. The van der Waals surface area contributed by atoms with Crippen molar-refractivity contribution in [2.45, 2.75) is 13.0 Å². The number of aromatic nitrogens is 4. The van der Waals surface area contributed by atoms with Gasteiger partial charge in [0.25, 0.3) is 0 Å². The van der Waals surface area contributed by atoms with Gasteiger partial charge >= 0.3 is 0 Å². The number of hydrogen-bond donors (Lipinski definition) is 2. The highest BCUT2D eigenvalue weighted by atomic mass is 35.5. The first-order chi connectivity index (χ1) is 11.7. The summed E-state index contributed by atoms with van der Waals surface area (Å²) in [6.07, 6.45) is 6.03. The molecule has 0 saturated carbocycles. The van der Waals surface area contributed by atoms with Gasteiger partial charge in [0.2, 0.25) is 0 Å². The monoisotopic (exact) mass is 395 g/mol. The fourth-order valence-electron chi connectivity index (χ4n) is 2.36. The predicted octanol–water partition coefficient (Wildman–Crippen LogP) is 4.99. The van der Waals surface area contributed by atoms with Crippen molar-refractivity contribution >= 4 is 62.0 Å². The van der Waals surface area contributed by atoms with E-state index in [0.717, 1.165) is 31.6 Å². The van der Waals surface area contributed by atoms with Crippen LogP contribution < -0.4 is 5.32 Å². The van der Waals surface area contributed by atoms with Crippen molar-refractivity contribution in [2.75, 3.05) is 5.32 Å². The topological polar surface area (TPSA) is 66.5 Å². The Labute approximate surface area is 155 Å². The van der Waals surface area contributed by atoms with E-state index in [1.807, 2.05) is 17.6 Å². The number of fused-ring (bicyclic) bond motifs is 1. The molecule has 4 aromatic heterocycles. The van der Waals surface area contributed by atoms with Crippen molar-refractivity contribution in [3.05, 3.63) is 55.7 Å². The van der Waals surface area contributed by atoms with Crippen molar-refractivity contribution in [2.24, 2.45) is 0 Å². The van der Waals surface area contributed by atoms with Gasteiger partial charge in [0, 0.05) is 35.8 Å². The normalized spacial score (nSPS) is 11.2. The SMILES string of the molecule is Clc1cnc2[nH]cc(Cc3sc(NCc4nccs4)nc3Cl)c2c1. The molecule has 4 rings (SSSR count). The van der Waals surface area contributed by atoms with Crippen molar-refractivity contribution in [3.63, 3.8) is 0 Å². The van der Waals surface area contributed by atoms with E-state index in [0.29, 0.717) is 23.1 Å². The van der Waals surface area contributed by atoms with Gasteiger partial charge in [0.05, 0.1) is 16.4 Å². The molecule has 0 aliphatic carbocycles. The molecule has 0 spiro atoms. The molecular weight excluding hydrogens is 385 g/mol. The number of anilines is 1. The van der Waals surface area contributed by atoms with Gasteiger partial charge in [-0.15, -0.1) is 22.7 Å². The van der Waals surface area contributed by atoms with E-state index in [9.17, 15) is 0 Å². The number of hydrogen-bond acceptors (Lipinski definition) is 6. The summed E-state index contributed by atoms with van der Waals surface area (Å²) in [5.74, 6) is 0. The summed E-state index contributed by atoms with van der Waals surface area (Å²) in [6.45, 7) is 0.646. The Kier molecular flexibility index (Phi) is 4.41. The second-order valence-corrected chi connectivity index (χ2v) is 7.91. The summed E-state index contributed by atoms with van der Waals surface area (Å²) >= 11 is 15.5. The van der Waals surface area contributed by atoms with Crippen molar-refractivity contribution < 1.29 is 0 Å². The second kappa shape index (κ2) is 6.68. The fourth-order valence-corrected chi connectivity index (χ4v) is 4.26. The van der Waals surface area contributed by atoms with Crippen LogP contribution in [0.1, 0.15) is 15.4 Å². The highest BCUT2D eigenvalue weighted by Gasteiger charge is 2.13. The molecule has 0 amide bonds. The molecular formula is C15H11Cl2N5S2. The van der Waals surface area contributed by atoms with E-state index in [1.165, 1.54) is 0 Å². The molecule has 4 heterocycles. The standard InChI is InChI=1S/C15H11Cl2N5S2/c16-9-4-10-8(5-19-14(10)20-6-9)3-11-13(17)22-15(24-11)21-7-12-18-1-2-23-12/h1-2,4-6H,3,7H2,(H,19,20)(H,21,22). The van der Waals surface area contributed by atoms with Crippen molar-refractivity contribution in [1.29, 1.82) is 0 Å². The summed E-state index contributed by atoms with van der Waals surface area (Å²) < 4.78 is 0. The van der Waals surface area contributed by atoms with Crippen LogP contribution in [0.15, 0.2) is 30.0 Å². The van der Waals surface area contributed by atoms with Crippen LogP contribution in [0.2, 0.25) is 10.2 Å². The highest BCUT2D eigenvalue weighted by molar-refractivity contribution is 7.16. The van der Waals surface area contributed by atoms with E-state index in [4.69, 9.17) is 23.2 Å². The van der Waals surface area contributed by atoms with Crippen molar-refractivity contribution in [3.8, 4) is 0 Å². The van der Waals surface area contributed by atoms with Gasteiger partial charge in [-0.25, -0.2) is 15.0 Å². The van der Waals surface area contributed by atoms with E-state index in [-0.39, 0.29) is 0 Å². The minimum Gasteiger partial charge on any atom is -0.355 e. The second-order valence-electron chi connectivity index (χ2n) is 5.05.